The van der Waals surface area contributed by atoms with Crippen molar-refractivity contribution in [1.29, 1.82) is 0 Å². The van der Waals surface area contributed by atoms with Crippen molar-refractivity contribution in [1.82, 2.24) is 0 Å². The fraction of sp³-hybridized carbons (Fsp3) is 0. The van der Waals surface area contributed by atoms with Crippen LogP contribution in [0.5, 0.6) is 0 Å². The molecule has 0 aliphatic rings. The summed E-state index contributed by atoms with van der Waals surface area (Å²) in [6, 6.07) is 11.3. The monoisotopic (exact) mass is 273 g/mol. The van der Waals surface area contributed by atoms with Crippen molar-refractivity contribution in [3.8, 4) is 0 Å². The molecule has 0 fully saturated rings. The van der Waals surface area contributed by atoms with Crippen LogP contribution in [0.15, 0.2) is 42.6 Å². The highest BCUT2D eigenvalue weighted by Gasteiger charge is 2.00. The number of pyridine rings is 1. The molecule has 0 aliphatic carbocycles. The Hall–Kier alpha value is -0.840. The minimum Gasteiger partial charge on any atom is -1.00 e. The molecule has 0 aliphatic heterocycles. The first-order valence-corrected chi connectivity index (χ1v) is 3.44. The van der Waals surface area contributed by atoms with Gasteiger partial charge in [-0.05, 0) is 12.1 Å². The number of nitrogens with two attached hydrogens (primary N) is 1. The van der Waals surface area contributed by atoms with Crippen molar-refractivity contribution >= 4 is 10.9 Å². The van der Waals surface area contributed by atoms with Gasteiger partial charge in [-0.25, -0.2) is 5.84 Å². The molecule has 2 nitrogen and oxygen atoms in total. The maximum atomic E-state index is 7.44. The highest BCUT2D eigenvalue weighted by Crippen LogP contribution is 2.05. The van der Waals surface area contributed by atoms with E-state index in [0.717, 1.165) is 10.9 Å². The van der Waals surface area contributed by atoms with Gasteiger partial charge in [0.05, 0.1) is 0 Å². The number of rotatable bonds is 0. The molecule has 2 rings (SSSR count). The van der Waals surface area contributed by atoms with E-state index in [2.05, 4.69) is 0 Å². The lowest BCUT2D eigenvalue weighted by Crippen LogP contribution is -3.00. The molecule has 0 saturated carbocycles. The fourth-order valence-electron chi connectivity index (χ4n) is 1.12. The van der Waals surface area contributed by atoms with Crippen LogP contribution in [0.3, 0.4) is 0 Å². The lowest BCUT2D eigenvalue weighted by Gasteiger charge is -1.91. The maximum Gasteiger partial charge on any atom is 0.242 e. The summed E-state index contributed by atoms with van der Waals surface area (Å²) >= 11 is 0. The third-order valence-electron chi connectivity index (χ3n) is 1.67. The van der Waals surface area contributed by atoms with Crippen LogP contribution in [0.4, 0.5) is 0 Å². The quantitative estimate of drug-likeness (QED) is 0.331. The highest BCUT2D eigenvalue weighted by molar-refractivity contribution is 5.74. The van der Waals surface area contributed by atoms with Crippen molar-refractivity contribution < 1.29 is 30.0 Å². The lowest BCUT2D eigenvalue weighted by molar-refractivity contribution is -0.611. The van der Waals surface area contributed by atoms with Crippen molar-refractivity contribution in [3.05, 3.63) is 42.6 Å². The first kappa shape index (κ1) is 7.79. The van der Waals surface area contributed by atoms with E-state index in [1.54, 1.807) is 6.07 Å². The van der Waals surface area contributed by atoms with Crippen LogP contribution in [0.2, 0.25) is 0 Å². The van der Waals surface area contributed by atoms with Crippen LogP contribution in [-0.4, -0.2) is 0 Å². The van der Waals surface area contributed by atoms with E-state index in [0.29, 0.717) is 6.17 Å². The number of nitrogen functional groups attached to an aromatic ring is 1. The Morgan fingerprint density at radius 3 is 2.67 bits per heavy atom. The summed E-state index contributed by atoms with van der Waals surface area (Å²) in [4.78, 5) is 0. The molecule has 1 aromatic carbocycles. The minimum atomic E-state index is 0. The van der Waals surface area contributed by atoms with Gasteiger partial charge >= 0.3 is 0 Å². The van der Waals surface area contributed by atoms with E-state index in [4.69, 9.17) is 7.21 Å². The average Bonchev–Trinajstić information content (AvgIpc) is 2.12. The lowest BCUT2D eigenvalue weighted by atomic mass is 10.2. The van der Waals surface area contributed by atoms with Crippen LogP contribution in [0.25, 0.3) is 10.9 Å². The molecule has 3 heteroatoms. The zero-order chi connectivity index (χ0) is 8.55. The topological polar surface area (TPSA) is 29.9 Å². The molecular formula is C9H9IN2. The number of benzene rings is 1. The van der Waals surface area contributed by atoms with Gasteiger partial charge in [-0.1, -0.05) is 16.8 Å². The molecule has 0 spiro atoms. The molecule has 62 valence electrons. The van der Waals surface area contributed by atoms with Crippen molar-refractivity contribution in [3.63, 3.8) is 0 Å². The zero-order valence-corrected chi connectivity index (χ0v) is 8.52. The summed E-state index contributed by atoms with van der Waals surface area (Å²) in [7, 11) is 0. The molecule has 0 unspecified atom stereocenters. The number of hydrogen-bond donors (Lipinski definition) is 1. The summed E-state index contributed by atoms with van der Waals surface area (Å²) in [5.74, 6) is 5.65. The van der Waals surface area contributed by atoms with E-state index in [1.807, 2.05) is 30.3 Å². The molecular weight excluding hydrogens is 263 g/mol. The fourth-order valence-corrected chi connectivity index (χ4v) is 1.12. The smallest absolute Gasteiger partial charge is 0.242 e. The molecule has 1 aromatic heterocycles. The first-order chi connectivity index (χ1) is 5.79. The van der Waals surface area contributed by atoms with E-state index in [9.17, 15) is 0 Å². The van der Waals surface area contributed by atoms with Gasteiger partial charge in [0.15, 0.2) is 6.17 Å². The second-order valence-corrected chi connectivity index (χ2v) is 2.39. The summed E-state index contributed by atoms with van der Waals surface area (Å²) in [6.45, 7) is 0. The zero-order valence-electron chi connectivity index (χ0n) is 7.37. The van der Waals surface area contributed by atoms with Crippen LogP contribution in [0, 0.1) is 0 Å². The van der Waals surface area contributed by atoms with Crippen LogP contribution >= 0.6 is 0 Å². The Kier molecular flexibility index (Phi) is 2.41. The molecule has 0 atom stereocenters. The Morgan fingerprint density at radius 2 is 1.83 bits per heavy atom. The summed E-state index contributed by atoms with van der Waals surface area (Å²) in [6.07, 6.45) is 0.314. The second kappa shape index (κ2) is 3.71. The Balaban J connectivity index is 0.000000845. The third kappa shape index (κ3) is 1.50. The van der Waals surface area contributed by atoms with Crippen molar-refractivity contribution in [2.45, 2.75) is 0 Å². The molecule has 0 amide bonds. The SMILES string of the molecule is [2H]c1ccc2ccccc2[n+]1N.[I-]. The standard InChI is InChI=1S/C9H9N2.HI/c10-11-7-3-5-8-4-1-2-6-9(8)11;/h1-7H,10H2;1H/q+1;/p-1/i7D;. The predicted octanol–water partition coefficient (Wildman–Crippen LogP) is -2.15. The summed E-state index contributed by atoms with van der Waals surface area (Å²) < 4.78 is 8.81. The normalized spacial score (nSPS) is 10.5. The van der Waals surface area contributed by atoms with E-state index in [-0.39, 0.29) is 24.0 Å². The van der Waals surface area contributed by atoms with Crippen molar-refractivity contribution in [2.24, 2.45) is 0 Å². The Bertz CT molecular complexity index is 431. The van der Waals surface area contributed by atoms with Gasteiger partial charge in [-0.2, -0.15) is 0 Å². The Morgan fingerprint density at radius 1 is 1.17 bits per heavy atom. The van der Waals surface area contributed by atoms with E-state index >= 15 is 0 Å². The minimum absolute atomic E-state index is 0. The molecule has 0 bridgehead atoms. The van der Waals surface area contributed by atoms with Gasteiger partial charge in [0.1, 0.15) is 1.37 Å². The van der Waals surface area contributed by atoms with Crippen LogP contribution < -0.4 is 34.5 Å². The van der Waals surface area contributed by atoms with E-state index in [1.165, 1.54) is 4.68 Å². The summed E-state index contributed by atoms with van der Waals surface area (Å²) in [5.41, 5.74) is 0.880. The van der Waals surface area contributed by atoms with Crippen molar-refractivity contribution in [2.75, 3.05) is 5.84 Å². The molecule has 2 aromatic rings. The van der Waals surface area contributed by atoms with Gasteiger partial charge in [0, 0.05) is 17.5 Å². The molecule has 12 heavy (non-hydrogen) atoms. The number of aromatic nitrogens is 1. The van der Waals surface area contributed by atoms with Gasteiger partial charge in [0.2, 0.25) is 5.52 Å². The highest BCUT2D eigenvalue weighted by atomic mass is 127. The van der Waals surface area contributed by atoms with Gasteiger partial charge < -0.3 is 24.0 Å². The number of para-hydroxylation sites is 1. The Labute approximate surface area is 89.4 Å². The largest absolute Gasteiger partial charge is 1.00 e. The molecule has 1 heterocycles. The van der Waals surface area contributed by atoms with Gasteiger partial charge in [-0.3, -0.25) is 0 Å². The van der Waals surface area contributed by atoms with Crippen LogP contribution in [0.1, 0.15) is 1.37 Å². The maximum absolute atomic E-state index is 7.44. The molecule has 0 saturated heterocycles. The summed E-state index contributed by atoms with van der Waals surface area (Å²) in [5, 5.41) is 1.05. The molecule has 2 N–H and O–H groups in total. The molecule has 0 radical (unpaired) electrons. The third-order valence-corrected chi connectivity index (χ3v) is 1.67. The average molecular weight is 273 g/mol. The first-order valence-electron chi connectivity index (χ1n) is 3.94. The number of hydrogen-bond acceptors (Lipinski definition) is 1. The van der Waals surface area contributed by atoms with Gasteiger partial charge in [-0.15, -0.1) is 0 Å². The van der Waals surface area contributed by atoms with Gasteiger partial charge in [0.25, 0.3) is 0 Å². The number of halogens is 1. The van der Waals surface area contributed by atoms with Crippen LogP contribution in [-0.2, 0) is 0 Å². The second-order valence-electron chi connectivity index (χ2n) is 2.39. The predicted molar refractivity (Wildman–Crippen MR) is 44.3 cm³/mol. The number of fused-ring (bicyclic) bond motifs is 1. The number of nitrogens with zero attached hydrogens (tertiary/aromatic N) is 1. The van der Waals surface area contributed by atoms with E-state index < -0.39 is 0 Å².